The molecule has 1 fully saturated rings. The van der Waals surface area contributed by atoms with E-state index in [0.717, 1.165) is 39.0 Å². The van der Waals surface area contributed by atoms with Crippen LogP contribution in [0.25, 0.3) is 0 Å². The van der Waals surface area contributed by atoms with Crippen LogP contribution in [0.1, 0.15) is 44.7 Å². The molecule has 0 bridgehead atoms. The zero-order chi connectivity index (χ0) is 15.5. The summed E-state index contributed by atoms with van der Waals surface area (Å²) in [7, 11) is 0. The first kappa shape index (κ1) is 16.3. The summed E-state index contributed by atoms with van der Waals surface area (Å²) in [6.07, 6.45) is 1.96. The Morgan fingerprint density at radius 3 is 2.76 bits per heavy atom. The second kappa shape index (κ2) is 6.80. The van der Waals surface area contributed by atoms with E-state index >= 15 is 0 Å². The lowest BCUT2D eigenvalue weighted by Crippen LogP contribution is -2.46. The Labute approximate surface area is 129 Å². The second-order valence-corrected chi connectivity index (χ2v) is 7.17. The molecule has 1 atom stereocenters. The summed E-state index contributed by atoms with van der Waals surface area (Å²) < 4.78 is 0. The summed E-state index contributed by atoms with van der Waals surface area (Å²) in [5, 5.41) is 13.8. The largest absolute Gasteiger partial charge is 0.388 e. The van der Waals surface area contributed by atoms with Crippen LogP contribution in [0.4, 0.5) is 5.69 Å². The number of aryl methyl sites for hydroxylation is 1. The number of rotatable bonds is 5. The number of nitrogens with zero attached hydrogens (tertiary/aromatic N) is 1. The van der Waals surface area contributed by atoms with Crippen LogP contribution in [0.3, 0.4) is 0 Å². The van der Waals surface area contributed by atoms with Crippen molar-refractivity contribution in [3.05, 3.63) is 29.3 Å². The Morgan fingerprint density at radius 1 is 1.38 bits per heavy atom. The third-order valence-electron chi connectivity index (χ3n) is 4.16. The number of anilines is 1. The normalized spacial score (nSPS) is 22.9. The van der Waals surface area contributed by atoms with Crippen molar-refractivity contribution in [2.45, 2.75) is 52.7 Å². The molecule has 1 aromatic carbocycles. The number of nitrogens with one attached hydrogen (secondary N) is 1. The van der Waals surface area contributed by atoms with Crippen molar-refractivity contribution < 1.29 is 5.11 Å². The smallest absolute Gasteiger partial charge is 0.0794 e. The van der Waals surface area contributed by atoms with Gasteiger partial charge in [0, 0.05) is 25.3 Å². The van der Waals surface area contributed by atoms with Crippen molar-refractivity contribution in [2.75, 3.05) is 24.5 Å². The van der Waals surface area contributed by atoms with Crippen LogP contribution in [0.2, 0.25) is 0 Å². The number of aliphatic hydroxyl groups is 1. The van der Waals surface area contributed by atoms with Gasteiger partial charge in [-0.1, -0.05) is 26.0 Å². The van der Waals surface area contributed by atoms with E-state index in [0.29, 0.717) is 5.92 Å². The Hall–Kier alpha value is -1.06. The van der Waals surface area contributed by atoms with Crippen LogP contribution in [-0.2, 0) is 6.54 Å². The third-order valence-corrected chi connectivity index (χ3v) is 4.16. The molecule has 1 aromatic rings. The molecule has 3 heteroatoms. The fourth-order valence-corrected chi connectivity index (χ4v) is 3.11. The first-order valence-corrected chi connectivity index (χ1v) is 8.15. The number of piperidine rings is 1. The Balaban J connectivity index is 2.02. The van der Waals surface area contributed by atoms with Crippen molar-refractivity contribution in [2.24, 2.45) is 5.92 Å². The SMILES string of the molecule is Cc1cc(CNCC(C)C)ccc1N1CCCC(C)(O)C1. The highest BCUT2D eigenvalue weighted by Crippen LogP contribution is 2.28. The Kier molecular flexibility index (Phi) is 5.28. The highest BCUT2D eigenvalue weighted by atomic mass is 16.3. The molecule has 1 unspecified atom stereocenters. The molecule has 0 spiro atoms. The number of hydrogen-bond acceptors (Lipinski definition) is 3. The van der Waals surface area contributed by atoms with Gasteiger partial charge in [-0.3, -0.25) is 0 Å². The van der Waals surface area contributed by atoms with Crippen molar-refractivity contribution >= 4 is 5.69 Å². The minimum Gasteiger partial charge on any atom is -0.388 e. The van der Waals surface area contributed by atoms with E-state index in [9.17, 15) is 5.11 Å². The van der Waals surface area contributed by atoms with E-state index in [1.54, 1.807) is 0 Å². The minimum absolute atomic E-state index is 0.553. The van der Waals surface area contributed by atoms with Gasteiger partial charge in [-0.15, -0.1) is 0 Å². The molecule has 2 rings (SSSR count). The molecule has 3 nitrogen and oxygen atoms in total. The summed E-state index contributed by atoms with van der Waals surface area (Å²) in [5.41, 5.74) is 3.35. The summed E-state index contributed by atoms with van der Waals surface area (Å²) in [6, 6.07) is 6.69. The maximum Gasteiger partial charge on any atom is 0.0794 e. The molecule has 2 N–H and O–H groups in total. The molecule has 1 aliphatic heterocycles. The lowest BCUT2D eigenvalue weighted by atomic mass is 9.94. The summed E-state index contributed by atoms with van der Waals surface area (Å²) in [5.74, 6) is 0.681. The molecule has 0 saturated carbocycles. The number of β-amino-alcohol motifs (C(OH)–C–C–N with tert-alkyl or cyclic N) is 1. The molecule has 0 aromatic heterocycles. The van der Waals surface area contributed by atoms with Gasteiger partial charge < -0.3 is 15.3 Å². The first-order valence-electron chi connectivity index (χ1n) is 8.15. The summed E-state index contributed by atoms with van der Waals surface area (Å²) in [6.45, 7) is 12.3. The van der Waals surface area contributed by atoms with Crippen molar-refractivity contribution in [3.8, 4) is 0 Å². The fraction of sp³-hybridized carbons (Fsp3) is 0.667. The quantitative estimate of drug-likeness (QED) is 0.875. The van der Waals surface area contributed by atoms with E-state index in [2.05, 4.69) is 49.2 Å². The molecule has 1 saturated heterocycles. The molecule has 1 heterocycles. The first-order chi connectivity index (χ1) is 9.87. The molecule has 0 amide bonds. The molecular weight excluding hydrogens is 260 g/mol. The highest BCUT2D eigenvalue weighted by molar-refractivity contribution is 5.55. The average Bonchev–Trinajstić information content (AvgIpc) is 2.37. The van der Waals surface area contributed by atoms with Crippen molar-refractivity contribution in [1.82, 2.24) is 5.32 Å². The summed E-state index contributed by atoms with van der Waals surface area (Å²) >= 11 is 0. The summed E-state index contributed by atoms with van der Waals surface area (Å²) in [4.78, 5) is 2.32. The standard InChI is InChI=1S/C18H30N2O/c1-14(2)11-19-12-16-6-7-17(15(3)10-16)20-9-5-8-18(4,21)13-20/h6-7,10,14,19,21H,5,8-9,11-13H2,1-4H3. The predicted octanol–water partition coefficient (Wildman–Crippen LogP) is 3.09. The predicted molar refractivity (Wildman–Crippen MR) is 89.8 cm³/mol. The molecule has 0 aliphatic carbocycles. The van der Waals surface area contributed by atoms with Gasteiger partial charge in [-0.05, 0) is 56.3 Å². The molecule has 21 heavy (non-hydrogen) atoms. The molecule has 1 aliphatic rings. The van der Waals surface area contributed by atoms with Crippen LogP contribution < -0.4 is 10.2 Å². The van der Waals surface area contributed by atoms with Gasteiger partial charge in [-0.2, -0.15) is 0 Å². The van der Waals surface area contributed by atoms with Crippen LogP contribution in [0.5, 0.6) is 0 Å². The molecule has 0 radical (unpaired) electrons. The zero-order valence-corrected chi connectivity index (χ0v) is 13.9. The van der Waals surface area contributed by atoms with Gasteiger partial charge in [-0.25, -0.2) is 0 Å². The number of benzene rings is 1. The van der Waals surface area contributed by atoms with Gasteiger partial charge in [0.2, 0.25) is 0 Å². The van der Waals surface area contributed by atoms with Gasteiger partial charge in [0.05, 0.1) is 5.60 Å². The van der Waals surface area contributed by atoms with Crippen LogP contribution in [-0.4, -0.2) is 30.3 Å². The average molecular weight is 290 g/mol. The van der Waals surface area contributed by atoms with E-state index in [1.807, 2.05) is 6.92 Å². The topological polar surface area (TPSA) is 35.5 Å². The maximum atomic E-state index is 10.3. The third kappa shape index (κ3) is 4.72. The van der Waals surface area contributed by atoms with Crippen molar-refractivity contribution in [1.29, 1.82) is 0 Å². The van der Waals surface area contributed by atoms with E-state index < -0.39 is 5.60 Å². The maximum absolute atomic E-state index is 10.3. The lowest BCUT2D eigenvalue weighted by Gasteiger charge is -2.39. The van der Waals surface area contributed by atoms with Gasteiger partial charge in [0.1, 0.15) is 0 Å². The van der Waals surface area contributed by atoms with Gasteiger partial charge in [0.15, 0.2) is 0 Å². The lowest BCUT2D eigenvalue weighted by molar-refractivity contribution is 0.0449. The van der Waals surface area contributed by atoms with Gasteiger partial charge in [0.25, 0.3) is 0 Å². The van der Waals surface area contributed by atoms with Crippen LogP contribution >= 0.6 is 0 Å². The molecular formula is C18H30N2O. The Bertz CT molecular complexity index is 468. The second-order valence-electron chi connectivity index (χ2n) is 7.17. The van der Waals surface area contributed by atoms with Crippen molar-refractivity contribution in [3.63, 3.8) is 0 Å². The highest BCUT2D eigenvalue weighted by Gasteiger charge is 2.28. The van der Waals surface area contributed by atoms with Crippen LogP contribution in [0, 0.1) is 12.8 Å². The fourth-order valence-electron chi connectivity index (χ4n) is 3.11. The van der Waals surface area contributed by atoms with E-state index in [-0.39, 0.29) is 0 Å². The zero-order valence-electron chi connectivity index (χ0n) is 13.9. The monoisotopic (exact) mass is 290 g/mol. The minimum atomic E-state index is -0.553. The van der Waals surface area contributed by atoms with E-state index in [1.165, 1.54) is 16.8 Å². The van der Waals surface area contributed by atoms with Gasteiger partial charge >= 0.3 is 0 Å². The van der Waals surface area contributed by atoms with Crippen LogP contribution in [0.15, 0.2) is 18.2 Å². The number of hydrogen-bond donors (Lipinski definition) is 2. The molecule has 118 valence electrons. The Morgan fingerprint density at radius 2 is 2.14 bits per heavy atom. The van der Waals surface area contributed by atoms with E-state index in [4.69, 9.17) is 0 Å².